The summed E-state index contributed by atoms with van der Waals surface area (Å²) in [7, 11) is 4.15. The van der Waals surface area contributed by atoms with Gasteiger partial charge in [0, 0.05) is 13.2 Å². The molecule has 3 nitrogen and oxygen atoms in total. The van der Waals surface area contributed by atoms with Crippen molar-refractivity contribution in [2.45, 2.75) is 12.8 Å². The van der Waals surface area contributed by atoms with Crippen molar-refractivity contribution >= 4 is 0 Å². The minimum atomic E-state index is 0.861. The molecule has 1 fully saturated rings. The minimum absolute atomic E-state index is 0.861. The fraction of sp³-hybridized carbons (Fsp3) is 1.00. The maximum Gasteiger partial charge on any atom is 0.0593 e. The van der Waals surface area contributed by atoms with E-state index in [-0.39, 0.29) is 0 Å². The Balaban J connectivity index is 1.83. The number of likely N-dealkylation sites (N-methyl/N-ethyl adjacent to an activating group) is 1. The number of nitrogens with zero attached hydrogens (tertiary/aromatic N) is 1. The molecule has 1 unspecified atom stereocenters. The molecule has 1 aliphatic rings. The topological polar surface area (TPSA) is 24.5 Å². The zero-order valence-corrected chi connectivity index (χ0v) is 8.88. The summed E-state index contributed by atoms with van der Waals surface area (Å²) >= 11 is 0. The molecule has 0 aromatic rings. The van der Waals surface area contributed by atoms with Gasteiger partial charge in [-0.2, -0.15) is 0 Å². The maximum absolute atomic E-state index is 5.54. The summed E-state index contributed by atoms with van der Waals surface area (Å²) in [5.74, 6) is 0.861. The van der Waals surface area contributed by atoms with Gasteiger partial charge >= 0.3 is 0 Å². The first-order chi connectivity index (χ1) is 6.29. The average Bonchev–Trinajstić information content (AvgIpc) is 2.55. The quantitative estimate of drug-likeness (QED) is 0.614. The highest BCUT2D eigenvalue weighted by atomic mass is 16.5. The van der Waals surface area contributed by atoms with E-state index in [2.05, 4.69) is 24.3 Å². The average molecular weight is 186 g/mol. The lowest BCUT2D eigenvalue weighted by Crippen LogP contribution is -2.19. The first-order valence-electron chi connectivity index (χ1n) is 5.22. The molecule has 0 aromatic heterocycles. The molecule has 0 aliphatic carbocycles. The second-order valence-electron chi connectivity index (χ2n) is 4.06. The van der Waals surface area contributed by atoms with E-state index in [9.17, 15) is 0 Å². The first-order valence-corrected chi connectivity index (χ1v) is 5.22. The van der Waals surface area contributed by atoms with Gasteiger partial charge in [-0.25, -0.2) is 0 Å². The van der Waals surface area contributed by atoms with Crippen LogP contribution in [0.15, 0.2) is 0 Å². The van der Waals surface area contributed by atoms with Gasteiger partial charge in [0.25, 0.3) is 0 Å². The third-order valence-electron chi connectivity index (χ3n) is 2.52. The monoisotopic (exact) mass is 186 g/mol. The highest BCUT2D eigenvalue weighted by Gasteiger charge is 2.13. The smallest absolute Gasteiger partial charge is 0.0593 e. The molecule has 1 aliphatic heterocycles. The fourth-order valence-electron chi connectivity index (χ4n) is 1.56. The van der Waals surface area contributed by atoms with E-state index in [1.165, 1.54) is 25.9 Å². The van der Waals surface area contributed by atoms with E-state index in [1.807, 2.05) is 0 Å². The summed E-state index contributed by atoms with van der Waals surface area (Å²) in [4.78, 5) is 2.15. The summed E-state index contributed by atoms with van der Waals surface area (Å²) in [6.45, 7) is 5.22. The minimum Gasteiger partial charge on any atom is -0.380 e. The van der Waals surface area contributed by atoms with Crippen LogP contribution < -0.4 is 5.32 Å². The Morgan fingerprint density at radius 3 is 2.85 bits per heavy atom. The van der Waals surface area contributed by atoms with Crippen LogP contribution in [0.2, 0.25) is 0 Å². The number of nitrogens with one attached hydrogen (secondary N) is 1. The van der Waals surface area contributed by atoms with Crippen molar-refractivity contribution in [1.29, 1.82) is 0 Å². The van der Waals surface area contributed by atoms with E-state index in [1.54, 1.807) is 0 Å². The second kappa shape index (κ2) is 6.35. The zero-order chi connectivity index (χ0) is 9.52. The Hall–Kier alpha value is -0.120. The molecule has 0 spiro atoms. The van der Waals surface area contributed by atoms with Crippen molar-refractivity contribution in [3.05, 3.63) is 0 Å². The molecule has 1 rings (SSSR count). The summed E-state index contributed by atoms with van der Waals surface area (Å²) in [6.07, 6.45) is 2.55. The van der Waals surface area contributed by atoms with Gasteiger partial charge in [0.15, 0.2) is 0 Å². The van der Waals surface area contributed by atoms with Gasteiger partial charge in [-0.1, -0.05) is 0 Å². The highest BCUT2D eigenvalue weighted by Crippen LogP contribution is 2.11. The summed E-state index contributed by atoms with van der Waals surface area (Å²) in [6, 6.07) is 0. The number of ether oxygens (including phenoxy) is 1. The first kappa shape index (κ1) is 11.0. The van der Waals surface area contributed by atoms with Crippen LogP contribution in [-0.4, -0.2) is 51.8 Å². The Morgan fingerprint density at radius 1 is 1.38 bits per heavy atom. The van der Waals surface area contributed by atoms with Gasteiger partial charge in [0.05, 0.1) is 6.61 Å². The van der Waals surface area contributed by atoms with Crippen molar-refractivity contribution < 1.29 is 4.74 Å². The summed E-state index contributed by atoms with van der Waals surface area (Å²) in [5, 5.41) is 3.37. The van der Waals surface area contributed by atoms with Crippen LogP contribution in [0.25, 0.3) is 0 Å². The normalized spacial score (nSPS) is 22.8. The van der Waals surface area contributed by atoms with Crippen molar-refractivity contribution in [1.82, 2.24) is 10.2 Å². The van der Waals surface area contributed by atoms with Gasteiger partial charge < -0.3 is 15.0 Å². The number of hydrogen-bond acceptors (Lipinski definition) is 3. The van der Waals surface area contributed by atoms with E-state index >= 15 is 0 Å². The molecule has 13 heavy (non-hydrogen) atoms. The van der Waals surface area contributed by atoms with Crippen LogP contribution in [0.5, 0.6) is 0 Å². The van der Waals surface area contributed by atoms with E-state index < -0.39 is 0 Å². The molecule has 1 heterocycles. The second-order valence-corrected chi connectivity index (χ2v) is 4.06. The van der Waals surface area contributed by atoms with Crippen LogP contribution in [0, 0.1) is 5.92 Å². The predicted molar refractivity (Wildman–Crippen MR) is 55.0 cm³/mol. The number of rotatable bonds is 6. The molecular weight excluding hydrogens is 164 g/mol. The molecule has 78 valence electrons. The van der Waals surface area contributed by atoms with Gasteiger partial charge in [-0.05, 0) is 45.9 Å². The van der Waals surface area contributed by atoms with Crippen molar-refractivity contribution in [2.75, 3.05) is 46.9 Å². The number of hydrogen-bond donors (Lipinski definition) is 1. The molecule has 0 saturated carbocycles. The van der Waals surface area contributed by atoms with Crippen LogP contribution in [0.3, 0.4) is 0 Å². The molecular formula is C10H22N2O. The molecule has 0 bridgehead atoms. The van der Waals surface area contributed by atoms with Gasteiger partial charge in [-0.3, -0.25) is 0 Å². The highest BCUT2D eigenvalue weighted by molar-refractivity contribution is 4.70. The third-order valence-corrected chi connectivity index (χ3v) is 2.52. The lowest BCUT2D eigenvalue weighted by atomic mass is 10.1. The Kier molecular flexibility index (Phi) is 5.35. The van der Waals surface area contributed by atoms with Crippen molar-refractivity contribution in [3.8, 4) is 0 Å². The van der Waals surface area contributed by atoms with Gasteiger partial charge in [0.2, 0.25) is 0 Å². The van der Waals surface area contributed by atoms with E-state index in [0.717, 1.165) is 25.7 Å². The standard InChI is InChI=1S/C10H22N2O/c1-12(2)6-8-13-7-4-10-3-5-11-9-10/h10-11H,3-9H2,1-2H3. The lowest BCUT2D eigenvalue weighted by molar-refractivity contribution is 0.107. The van der Waals surface area contributed by atoms with Crippen LogP contribution in [-0.2, 0) is 4.74 Å². The molecule has 0 aromatic carbocycles. The van der Waals surface area contributed by atoms with Crippen molar-refractivity contribution in [3.63, 3.8) is 0 Å². The predicted octanol–water partition coefficient (Wildman–Crippen LogP) is 0.564. The summed E-state index contributed by atoms with van der Waals surface area (Å²) in [5.41, 5.74) is 0. The Labute approximate surface area is 81.4 Å². The Bertz CT molecular complexity index is 122. The SMILES string of the molecule is CN(C)CCOCCC1CCNC1. The molecule has 3 heteroatoms. The third kappa shape index (κ3) is 5.24. The Morgan fingerprint density at radius 2 is 2.23 bits per heavy atom. The van der Waals surface area contributed by atoms with Gasteiger partial charge in [-0.15, -0.1) is 0 Å². The molecule has 1 atom stereocenters. The maximum atomic E-state index is 5.54. The van der Waals surface area contributed by atoms with Crippen LogP contribution in [0.1, 0.15) is 12.8 Å². The lowest BCUT2D eigenvalue weighted by Gasteiger charge is -2.11. The largest absolute Gasteiger partial charge is 0.380 e. The van der Waals surface area contributed by atoms with E-state index in [4.69, 9.17) is 4.74 Å². The van der Waals surface area contributed by atoms with Crippen LogP contribution in [0.4, 0.5) is 0 Å². The molecule has 1 saturated heterocycles. The molecule has 0 amide bonds. The molecule has 1 N–H and O–H groups in total. The van der Waals surface area contributed by atoms with E-state index in [0.29, 0.717) is 0 Å². The summed E-state index contributed by atoms with van der Waals surface area (Å²) < 4.78 is 5.54. The van der Waals surface area contributed by atoms with Crippen LogP contribution >= 0.6 is 0 Å². The van der Waals surface area contributed by atoms with Gasteiger partial charge in [0.1, 0.15) is 0 Å². The molecule has 0 radical (unpaired) electrons. The van der Waals surface area contributed by atoms with Crippen molar-refractivity contribution in [2.24, 2.45) is 5.92 Å². The zero-order valence-electron chi connectivity index (χ0n) is 8.88. The fourth-order valence-corrected chi connectivity index (χ4v) is 1.56.